The molecule has 17 heteroatoms. The minimum absolute atomic E-state index is 0. The molecule has 4 rings (SSSR count). The first kappa shape index (κ1) is 31.9. The topological polar surface area (TPSA) is 195 Å². The van der Waals surface area contributed by atoms with Crippen LogP contribution < -0.4 is 45.3 Å². The molecule has 3 heterocycles. The number of esters is 1. The quantitative estimate of drug-likeness (QED) is 0.176. The standard InChI is InChI=1S/C24H25N5O10S.Na/c1-12(30)39-10-14-11-40-20-16(19(32)29(20)17(14)21(33)34)25-18(31)15(13-6-4-3-5-7-13)26-22(35)27-8-9-28(23(27)36)24(37)38-2;/h3-7,15-16,20H,8-11H2,1-2H3,(H,25,31)(H,26,35)(H,33,34);/q;+1/p-1/t15?,16?,20-;/m0./s1. The molecule has 3 aliphatic heterocycles. The molecule has 0 radical (unpaired) electrons. The fourth-order valence-corrected chi connectivity index (χ4v) is 5.69. The first-order valence-corrected chi connectivity index (χ1v) is 12.9. The summed E-state index contributed by atoms with van der Waals surface area (Å²) in [5, 5.41) is 16.1. The van der Waals surface area contributed by atoms with Crippen molar-refractivity contribution in [3.63, 3.8) is 0 Å². The number of thioether (sulfide) groups is 1. The van der Waals surface area contributed by atoms with E-state index in [1.165, 1.54) is 0 Å². The molecule has 7 amide bonds. The van der Waals surface area contributed by atoms with Crippen LogP contribution in [-0.2, 0) is 28.7 Å². The first-order chi connectivity index (χ1) is 19.0. The summed E-state index contributed by atoms with van der Waals surface area (Å²) < 4.78 is 9.41. The van der Waals surface area contributed by atoms with Crippen LogP contribution >= 0.6 is 11.8 Å². The Morgan fingerprint density at radius 2 is 1.76 bits per heavy atom. The Hall–Kier alpha value is -3.60. The van der Waals surface area contributed by atoms with Crippen LogP contribution in [0.5, 0.6) is 0 Å². The van der Waals surface area contributed by atoms with Gasteiger partial charge in [-0.25, -0.2) is 24.2 Å². The van der Waals surface area contributed by atoms with Crippen LogP contribution in [0.4, 0.5) is 14.4 Å². The van der Waals surface area contributed by atoms with E-state index >= 15 is 0 Å². The number of carbonyl (C=O) groups is 7. The molecule has 0 saturated carbocycles. The molecule has 0 aliphatic carbocycles. The van der Waals surface area contributed by atoms with E-state index in [9.17, 15) is 38.7 Å². The molecule has 0 bridgehead atoms. The van der Waals surface area contributed by atoms with Crippen LogP contribution in [0, 0.1) is 0 Å². The number of amides is 7. The molecule has 2 unspecified atom stereocenters. The number of hydrogen-bond donors (Lipinski definition) is 2. The summed E-state index contributed by atoms with van der Waals surface area (Å²) in [5.74, 6) is -3.67. The summed E-state index contributed by atoms with van der Waals surface area (Å²) in [6.45, 7) is 0.602. The van der Waals surface area contributed by atoms with E-state index in [0.717, 1.165) is 40.5 Å². The minimum atomic E-state index is -1.63. The van der Waals surface area contributed by atoms with Gasteiger partial charge in [-0.2, -0.15) is 0 Å². The van der Waals surface area contributed by atoms with E-state index in [2.05, 4.69) is 15.4 Å². The number of β-lactam (4-membered cyclic amide) rings is 1. The summed E-state index contributed by atoms with van der Waals surface area (Å²) >= 11 is 1.16. The zero-order valence-electron chi connectivity index (χ0n) is 22.3. The molecule has 2 fully saturated rings. The van der Waals surface area contributed by atoms with Crippen molar-refractivity contribution in [1.29, 1.82) is 0 Å². The zero-order chi connectivity index (χ0) is 29.1. The Morgan fingerprint density at radius 1 is 1.10 bits per heavy atom. The fourth-order valence-electron chi connectivity index (χ4n) is 4.36. The molecule has 3 aliphatic rings. The van der Waals surface area contributed by atoms with Gasteiger partial charge < -0.3 is 30.0 Å². The molecule has 3 atom stereocenters. The normalized spacial score (nSPS) is 20.3. The Morgan fingerprint density at radius 3 is 2.37 bits per heavy atom. The predicted octanol–water partition coefficient (Wildman–Crippen LogP) is -4.09. The Balaban J connectivity index is 0.00000462. The van der Waals surface area contributed by atoms with Crippen LogP contribution in [0.25, 0.3) is 0 Å². The second kappa shape index (κ2) is 13.4. The number of urea groups is 2. The van der Waals surface area contributed by atoms with Crippen LogP contribution in [0.2, 0.25) is 0 Å². The molecule has 15 nitrogen and oxygen atoms in total. The van der Waals surface area contributed by atoms with Crippen molar-refractivity contribution in [2.75, 3.05) is 32.6 Å². The monoisotopic (exact) mass is 597 g/mol. The molecule has 0 aromatic heterocycles. The van der Waals surface area contributed by atoms with Crippen molar-refractivity contribution in [2.45, 2.75) is 24.4 Å². The summed E-state index contributed by atoms with van der Waals surface area (Å²) in [6, 6.07) is 3.68. The largest absolute Gasteiger partial charge is 1.00 e. The van der Waals surface area contributed by atoms with Crippen molar-refractivity contribution in [3.05, 3.63) is 47.2 Å². The third-order valence-corrected chi connectivity index (χ3v) is 7.64. The van der Waals surface area contributed by atoms with Gasteiger partial charge in [0, 0.05) is 18.2 Å². The van der Waals surface area contributed by atoms with Crippen molar-refractivity contribution < 1.29 is 77.7 Å². The smallest absolute Gasteiger partial charge is 0.543 e. The molecule has 212 valence electrons. The van der Waals surface area contributed by atoms with Gasteiger partial charge >= 0.3 is 53.7 Å². The number of hydrogen-bond acceptors (Lipinski definition) is 11. The average molecular weight is 598 g/mol. The number of imide groups is 2. The third-order valence-electron chi connectivity index (χ3n) is 6.30. The van der Waals surface area contributed by atoms with Crippen molar-refractivity contribution in [3.8, 4) is 0 Å². The number of ether oxygens (including phenoxy) is 2. The van der Waals surface area contributed by atoms with Gasteiger partial charge in [-0.3, -0.25) is 19.3 Å². The Kier molecular flexibility index (Phi) is 10.4. The summed E-state index contributed by atoms with van der Waals surface area (Å²) in [6.07, 6.45) is -0.934. The van der Waals surface area contributed by atoms with Crippen LogP contribution in [-0.4, -0.2) is 101 Å². The van der Waals surface area contributed by atoms with Gasteiger partial charge in [-0.1, -0.05) is 30.3 Å². The van der Waals surface area contributed by atoms with E-state index in [-0.39, 0.29) is 60.6 Å². The number of carboxylic acids is 1. The maximum Gasteiger partial charge on any atom is 1.00 e. The van der Waals surface area contributed by atoms with E-state index in [4.69, 9.17) is 4.74 Å². The third kappa shape index (κ3) is 6.50. The number of nitrogens with zero attached hydrogens (tertiary/aromatic N) is 3. The van der Waals surface area contributed by atoms with Crippen LogP contribution in [0.15, 0.2) is 41.6 Å². The maximum atomic E-state index is 13.4. The predicted molar refractivity (Wildman–Crippen MR) is 133 cm³/mol. The molecule has 2 N–H and O–H groups in total. The van der Waals surface area contributed by atoms with Gasteiger partial charge in [0.15, 0.2) is 0 Å². The molecule has 1 aromatic rings. The van der Waals surface area contributed by atoms with E-state index in [0.29, 0.717) is 5.56 Å². The summed E-state index contributed by atoms with van der Waals surface area (Å²) in [5.41, 5.74) is 0.0973. The molecule has 2 saturated heterocycles. The van der Waals surface area contributed by atoms with E-state index in [1.54, 1.807) is 30.3 Å². The molecular weight excluding hydrogens is 573 g/mol. The summed E-state index contributed by atoms with van der Waals surface area (Å²) in [7, 11) is 1.09. The second-order valence-corrected chi connectivity index (χ2v) is 9.87. The second-order valence-electron chi connectivity index (χ2n) is 8.77. The summed E-state index contributed by atoms with van der Waals surface area (Å²) in [4.78, 5) is 89.0. The SMILES string of the molecule is COC(=O)N1CCN(C(=O)NC(C(=O)NC2C(=O)N3C(C(=O)[O-])=C(COC(C)=O)CS[C@@H]23)c2ccccc2)C1=O.[Na+]. The van der Waals surface area contributed by atoms with Gasteiger partial charge in [-0.15, -0.1) is 11.8 Å². The number of nitrogens with one attached hydrogen (secondary N) is 2. The first-order valence-electron chi connectivity index (χ1n) is 11.9. The number of methoxy groups -OCH3 is 1. The van der Waals surface area contributed by atoms with Gasteiger partial charge in [0.25, 0.3) is 5.91 Å². The number of carbonyl (C=O) groups excluding carboxylic acids is 7. The number of benzene rings is 1. The number of fused-ring (bicyclic) bond motifs is 1. The van der Waals surface area contributed by atoms with Gasteiger partial charge in [0.1, 0.15) is 24.1 Å². The average Bonchev–Trinajstić information content (AvgIpc) is 3.33. The zero-order valence-corrected chi connectivity index (χ0v) is 25.1. The van der Waals surface area contributed by atoms with Crippen molar-refractivity contribution in [1.82, 2.24) is 25.3 Å². The van der Waals surface area contributed by atoms with Gasteiger partial charge in [0.05, 0.1) is 31.9 Å². The van der Waals surface area contributed by atoms with Gasteiger partial charge in [-0.05, 0) is 5.56 Å². The Labute approximate surface area is 259 Å². The molecular formula is C24H24N5NaO10S. The minimum Gasteiger partial charge on any atom is -0.543 e. The van der Waals surface area contributed by atoms with E-state index in [1.807, 2.05) is 0 Å². The van der Waals surface area contributed by atoms with Crippen molar-refractivity contribution >= 4 is 53.7 Å². The Bertz CT molecular complexity index is 1310. The molecule has 1 aromatic carbocycles. The van der Waals surface area contributed by atoms with Crippen molar-refractivity contribution in [2.24, 2.45) is 0 Å². The molecule has 0 spiro atoms. The molecule has 41 heavy (non-hydrogen) atoms. The fraction of sp³-hybridized carbons (Fsp3) is 0.375. The van der Waals surface area contributed by atoms with Crippen LogP contribution in [0.1, 0.15) is 18.5 Å². The number of carboxylic acid groups (broad SMARTS) is 1. The number of rotatable bonds is 7. The van der Waals surface area contributed by atoms with Gasteiger partial charge in [0.2, 0.25) is 5.91 Å². The maximum absolute atomic E-state index is 13.4. The van der Waals surface area contributed by atoms with E-state index < -0.39 is 65.1 Å². The number of aliphatic carboxylic acids is 1. The van der Waals surface area contributed by atoms with Crippen LogP contribution in [0.3, 0.4) is 0 Å².